The van der Waals surface area contributed by atoms with Crippen molar-refractivity contribution in [3.05, 3.63) is 132 Å². The molecule has 0 N–H and O–H groups in total. The highest BCUT2D eigenvalue weighted by Crippen LogP contribution is 2.21. The molecule has 0 unspecified atom stereocenters. The molecule has 6 heteroatoms. The zero-order valence-electron chi connectivity index (χ0n) is 24.9. The highest BCUT2D eigenvalue weighted by atomic mass is 15.3. The van der Waals surface area contributed by atoms with Crippen molar-refractivity contribution in [3.63, 3.8) is 0 Å². The Kier molecular flexibility index (Phi) is 9.34. The van der Waals surface area contributed by atoms with Gasteiger partial charge in [-0.15, -0.1) is 0 Å². The molecule has 212 valence electrons. The summed E-state index contributed by atoms with van der Waals surface area (Å²) in [5.74, 6) is 0. The first-order valence-electron chi connectivity index (χ1n) is 14.7. The molecule has 2 aromatic carbocycles. The maximum atomic E-state index is 4.67. The Morgan fingerprint density at radius 3 is 1.31 bits per heavy atom. The Morgan fingerprint density at radius 1 is 0.524 bits per heavy atom. The van der Waals surface area contributed by atoms with Gasteiger partial charge in [0, 0.05) is 47.3 Å². The van der Waals surface area contributed by atoms with E-state index in [4.69, 9.17) is 0 Å². The Morgan fingerprint density at radius 2 is 0.929 bits per heavy atom. The van der Waals surface area contributed by atoms with Crippen LogP contribution in [0.4, 0.5) is 0 Å². The lowest BCUT2D eigenvalue weighted by molar-refractivity contribution is 0.850. The van der Waals surface area contributed by atoms with E-state index in [9.17, 15) is 0 Å². The van der Waals surface area contributed by atoms with Crippen LogP contribution in [0.2, 0.25) is 0 Å². The Labute approximate surface area is 248 Å². The molecule has 0 aliphatic heterocycles. The second-order valence-corrected chi connectivity index (χ2v) is 10.5. The summed E-state index contributed by atoms with van der Waals surface area (Å²) in [7, 11) is 0. The summed E-state index contributed by atoms with van der Waals surface area (Å²) in [6, 6.07) is 29.2. The minimum absolute atomic E-state index is 0.990. The van der Waals surface area contributed by atoms with Crippen LogP contribution in [0.5, 0.6) is 0 Å². The van der Waals surface area contributed by atoms with E-state index in [2.05, 4.69) is 109 Å². The van der Waals surface area contributed by atoms with E-state index < -0.39 is 0 Å². The Balaban J connectivity index is 0.000000168. The van der Waals surface area contributed by atoms with Gasteiger partial charge in [-0.1, -0.05) is 86.3 Å². The van der Waals surface area contributed by atoms with Gasteiger partial charge < -0.3 is 0 Å². The van der Waals surface area contributed by atoms with E-state index in [0.29, 0.717) is 0 Å². The predicted molar refractivity (Wildman–Crippen MR) is 171 cm³/mol. The third-order valence-electron chi connectivity index (χ3n) is 7.01. The van der Waals surface area contributed by atoms with Crippen molar-refractivity contribution >= 4 is 0 Å². The van der Waals surface area contributed by atoms with E-state index in [-0.39, 0.29) is 0 Å². The first kappa shape index (κ1) is 28.7. The first-order chi connectivity index (χ1) is 20.5. The smallest absolute Gasteiger partial charge is 0.0927 e. The minimum atomic E-state index is 0.990. The fraction of sp³-hybridized carbons (Fsp3) is 0.222. The number of hydrogen-bond acceptors (Lipinski definition) is 4. The van der Waals surface area contributed by atoms with Crippen LogP contribution in [0.3, 0.4) is 0 Å². The maximum Gasteiger partial charge on any atom is 0.0927 e. The van der Waals surface area contributed by atoms with Crippen LogP contribution in [0, 0.1) is 13.8 Å². The third-order valence-corrected chi connectivity index (χ3v) is 7.01. The molecule has 6 nitrogen and oxygen atoms in total. The van der Waals surface area contributed by atoms with Gasteiger partial charge in [0.05, 0.1) is 22.8 Å². The lowest BCUT2D eigenvalue weighted by Crippen LogP contribution is -1.98. The molecule has 0 saturated carbocycles. The molecule has 0 amide bonds. The van der Waals surface area contributed by atoms with E-state index >= 15 is 0 Å². The van der Waals surface area contributed by atoms with Crippen LogP contribution in [0.25, 0.3) is 33.9 Å². The third kappa shape index (κ3) is 7.26. The second-order valence-electron chi connectivity index (χ2n) is 10.5. The molecule has 0 aliphatic rings. The van der Waals surface area contributed by atoms with E-state index in [1.165, 1.54) is 11.1 Å². The molecule has 42 heavy (non-hydrogen) atoms. The molecular formula is C36H38N6. The van der Waals surface area contributed by atoms with Crippen molar-refractivity contribution in [1.82, 2.24) is 29.5 Å². The topological polar surface area (TPSA) is 61.4 Å². The summed E-state index contributed by atoms with van der Waals surface area (Å²) in [5, 5.41) is 9.34. The van der Waals surface area contributed by atoms with Gasteiger partial charge in [-0.05, 0) is 63.1 Å². The summed E-state index contributed by atoms with van der Waals surface area (Å²) in [6.07, 6.45) is 11.9. The number of benzene rings is 2. The molecule has 4 heterocycles. The van der Waals surface area contributed by atoms with Crippen LogP contribution in [-0.2, 0) is 12.8 Å². The second kappa shape index (κ2) is 13.7. The molecule has 0 saturated heterocycles. The number of aromatic nitrogens is 6. The average Bonchev–Trinajstić information content (AvgIpc) is 3.70. The highest BCUT2D eigenvalue weighted by molar-refractivity contribution is 5.60. The van der Waals surface area contributed by atoms with Crippen LogP contribution in [0.1, 0.15) is 49.2 Å². The molecule has 0 bridgehead atoms. The fourth-order valence-corrected chi connectivity index (χ4v) is 4.69. The van der Waals surface area contributed by atoms with Crippen molar-refractivity contribution in [2.45, 2.75) is 53.4 Å². The quantitative estimate of drug-likeness (QED) is 0.190. The zero-order valence-corrected chi connectivity index (χ0v) is 24.9. The standard InChI is InChI=1S/2C18H19N3/c2*1-3-4-16-13-17(9-11-19-16)21-12-10-18(20-21)15-7-5-14(2)6-8-15/h2*5-13H,3-4H2,1-2H3. The van der Waals surface area contributed by atoms with Crippen molar-refractivity contribution in [2.75, 3.05) is 0 Å². The van der Waals surface area contributed by atoms with Crippen LogP contribution >= 0.6 is 0 Å². The molecule has 0 spiro atoms. The van der Waals surface area contributed by atoms with Gasteiger partial charge in [0.1, 0.15) is 0 Å². The number of nitrogens with zero attached hydrogens (tertiary/aromatic N) is 6. The summed E-state index contributed by atoms with van der Waals surface area (Å²) in [4.78, 5) is 8.78. The van der Waals surface area contributed by atoms with Crippen LogP contribution in [0.15, 0.2) is 110 Å². The summed E-state index contributed by atoms with van der Waals surface area (Å²) in [6.45, 7) is 8.51. The Hall–Kier alpha value is -4.84. The molecule has 0 fully saturated rings. The molecule has 4 aromatic heterocycles. The van der Waals surface area contributed by atoms with Gasteiger partial charge in [0.25, 0.3) is 0 Å². The fourth-order valence-electron chi connectivity index (χ4n) is 4.69. The summed E-state index contributed by atoms with van der Waals surface area (Å²) in [5.41, 5.74) is 11.1. The lowest BCUT2D eigenvalue weighted by Gasteiger charge is -2.04. The van der Waals surface area contributed by atoms with Gasteiger partial charge in [-0.25, -0.2) is 9.36 Å². The van der Waals surface area contributed by atoms with Gasteiger partial charge >= 0.3 is 0 Å². The van der Waals surface area contributed by atoms with Crippen molar-refractivity contribution < 1.29 is 0 Å². The Bertz CT molecular complexity index is 1580. The number of aryl methyl sites for hydroxylation is 4. The number of rotatable bonds is 8. The minimum Gasteiger partial charge on any atom is -0.261 e. The van der Waals surface area contributed by atoms with Gasteiger partial charge in [0.15, 0.2) is 0 Å². The lowest BCUT2D eigenvalue weighted by atomic mass is 10.1. The highest BCUT2D eigenvalue weighted by Gasteiger charge is 2.06. The zero-order chi connectivity index (χ0) is 29.3. The largest absolute Gasteiger partial charge is 0.261 e. The van der Waals surface area contributed by atoms with Gasteiger partial charge in [-0.3, -0.25) is 9.97 Å². The SMILES string of the molecule is CCCc1cc(-n2ccc(-c3ccc(C)cc3)n2)ccn1.CCCc1cc(-n2ccc(-c3ccc(C)cc3)n2)ccn1. The van der Waals surface area contributed by atoms with Gasteiger partial charge in [0.2, 0.25) is 0 Å². The average molecular weight is 555 g/mol. The number of pyridine rings is 2. The number of hydrogen-bond donors (Lipinski definition) is 0. The predicted octanol–water partition coefficient (Wildman–Crippen LogP) is 8.39. The van der Waals surface area contributed by atoms with Crippen molar-refractivity contribution in [2.24, 2.45) is 0 Å². The monoisotopic (exact) mass is 554 g/mol. The normalized spacial score (nSPS) is 10.8. The van der Waals surface area contributed by atoms with E-state index in [0.717, 1.165) is 71.0 Å². The summed E-state index contributed by atoms with van der Waals surface area (Å²) < 4.78 is 3.83. The molecule has 0 aliphatic carbocycles. The van der Waals surface area contributed by atoms with E-state index in [1.54, 1.807) is 0 Å². The first-order valence-corrected chi connectivity index (χ1v) is 14.7. The molecule has 0 atom stereocenters. The van der Waals surface area contributed by atoms with Crippen LogP contribution < -0.4 is 0 Å². The van der Waals surface area contributed by atoms with Crippen LogP contribution in [-0.4, -0.2) is 29.5 Å². The molecule has 6 rings (SSSR count). The molecular weight excluding hydrogens is 516 g/mol. The summed E-state index contributed by atoms with van der Waals surface area (Å²) >= 11 is 0. The van der Waals surface area contributed by atoms with Crippen molar-refractivity contribution in [3.8, 4) is 33.9 Å². The molecule has 0 radical (unpaired) electrons. The van der Waals surface area contributed by atoms with Gasteiger partial charge in [-0.2, -0.15) is 10.2 Å². The van der Waals surface area contributed by atoms with E-state index in [1.807, 2.05) is 58.4 Å². The van der Waals surface area contributed by atoms with Crippen molar-refractivity contribution in [1.29, 1.82) is 0 Å². The molecule has 6 aromatic rings. The maximum absolute atomic E-state index is 4.67.